The van der Waals surface area contributed by atoms with Gasteiger partial charge in [-0.2, -0.15) is 15.0 Å². The number of hydrogen-bond acceptors (Lipinski definition) is 4. The average Bonchev–Trinajstić information content (AvgIpc) is 2.83. The van der Waals surface area contributed by atoms with E-state index in [9.17, 15) is 4.79 Å². The lowest BCUT2D eigenvalue weighted by molar-refractivity contribution is 0.215. The highest BCUT2D eigenvalue weighted by molar-refractivity contribution is 9.10. The van der Waals surface area contributed by atoms with E-state index >= 15 is 0 Å². The molecule has 0 spiro atoms. The second-order valence-corrected chi connectivity index (χ2v) is 5.10. The summed E-state index contributed by atoms with van der Waals surface area (Å²) in [5, 5.41) is 12.9. The molecule has 6 nitrogen and oxygen atoms in total. The molecule has 2 aromatic rings. The predicted octanol–water partition coefficient (Wildman–Crippen LogP) is 2.03. The minimum Gasteiger partial charge on any atom is -0.329 e. The number of halogens is 1. The predicted molar refractivity (Wildman–Crippen MR) is 76.2 cm³/mol. The number of carbonyl (C=O) groups excluding carboxylic acids is 1. The molecule has 0 aromatic carbocycles. The summed E-state index contributed by atoms with van der Waals surface area (Å²) < 4.78 is 1.96. The topological polar surface area (TPSA) is 74.8 Å². The van der Waals surface area contributed by atoms with Crippen molar-refractivity contribution in [3.05, 3.63) is 46.0 Å². The summed E-state index contributed by atoms with van der Waals surface area (Å²) in [6, 6.07) is 7.00. The summed E-state index contributed by atoms with van der Waals surface area (Å²) in [7, 11) is 3.28. The Hall–Kier alpha value is -2.20. The third-order valence-corrected chi connectivity index (χ3v) is 3.38. The Kier molecular flexibility index (Phi) is 4.15. The highest BCUT2D eigenvalue weighted by Crippen LogP contribution is 2.18. The Labute approximate surface area is 124 Å². The quantitative estimate of drug-likeness (QED) is 0.788. The summed E-state index contributed by atoms with van der Waals surface area (Å²) in [6.45, 7) is 0. The van der Waals surface area contributed by atoms with Gasteiger partial charge in [0.2, 0.25) is 0 Å². The first-order valence-electron chi connectivity index (χ1n) is 5.83. The van der Waals surface area contributed by atoms with Crippen LogP contribution in [0.4, 0.5) is 4.79 Å². The minimum atomic E-state index is -0.290. The number of pyridine rings is 1. The van der Waals surface area contributed by atoms with Crippen LogP contribution in [-0.2, 0) is 6.42 Å². The molecule has 0 fully saturated rings. The van der Waals surface area contributed by atoms with Gasteiger partial charge >= 0.3 is 6.03 Å². The molecule has 0 aliphatic carbocycles. The lowest BCUT2D eigenvalue weighted by Gasteiger charge is -2.12. The zero-order valence-corrected chi connectivity index (χ0v) is 12.6. The molecule has 2 aromatic heterocycles. The molecule has 0 bridgehead atoms. The van der Waals surface area contributed by atoms with Crippen LogP contribution >= 0.6 is 15.9 Å². The number of rotatable bonds is 2. The van der Waals surface area contributed by atoms with Crippen LogP contribution in [0.15, 0.2) is 29.0 Å². The van der Waals surface area contributed by atoms with Gasteiger partial charge in [-0.15, -0.1) is 0 Å². The maximum atomic E-state index is 12.1. The van der Waals surface area contributed by atoms with Crippen LogP contribution in [0.25, 0.3) is 0 Å². The fourth-order valence-electron chi connectivity index (χ4n) is 1.70. The Morgan fingerprint density at radius 3 is 2.90 bits per heavy atom. The van der Waals surface area contributed by atoms with Crippen molar-refractivity contribution in [2.75, 3.05) is 14.1 Å². The molecule has 0 N–H and O–H groups in total. The van der Waals surface area contributed by atoms with Gasteiger partial charge in [0.1, 0.15) is 10.7 Å². The van der Waals surface area contributed by atoms with Gasteiger partial charge in [0.05, 0.1) is 5.69 Å². The van der Waals surface area contributed by atoms with E-state index in [1.807, 2.05) is 18.2 Å². The first-order chi connectivity index (χ1) is 9.52. The van der Waals surface area contributed by atoms with Crippen LogP contribution in [0.1, 0.15) is 17.0 Å². The molecule has 102 valence electrons. The van der Waals surface area contributed by atoms with Crippen molar-refractivity contribution < 1.29 is 4.79 Å². The fourth-order valence-corrected chi connectivity index (χ4v) is 2.09. The number of nitrogens with zero attached hydrogens (tertiary/aromatic N) is 5. The number of aromatic nitrogens is 3. The third kappa shape index (κ3) is 2.86. The van der Waals surface area contributed by atoms with E-state index in [1.165, 1.54) is 9.58 Å². The zero-order valence-electron chi connectivity index (χ0n) is 11.0. The van der Waals surface area contributed by atoms with Crippen molar-refractivity contribution in [3.63, 3.8) is 0 Å². The van der Waals surface area contributed by atoms with Gasteiger partial charge in [-0.05, 0) is 33.6 Å². The van der Waals surface area contributed by atoms with Crippen LogP contribution in [0, 0.1) is 11.3 Å². The maximum absolute atomic E-state index is 12.1. The molecule has 7 heteroatoms. The molecule has 20 heavy (non-hydrogen) atoms. The average molecular weight is 334 g/mol. The zero-order chi connectivity index (χ0) is 14.7. The van der Waals surface area contributed by atoms with Gasteiger partial charge in [0, 0.05) is 26.7 Å². The van der Waals surface area contributed by atoms with Crippen LogP contribution in [-0.4, -0.2) is 39.8 Å². The summed E-state index contributed by atoms with van der Waals surface area (Å²) in [6.07, 6.45) is 2.14. The smallest absolute Gasteiger partial charge is 0.329 e. The van der Waals surface area contributed by atoms with E-state index in [1.54, 1.807) is 26.4 Å². The second-order valence-electron chi connectivity index (χ2n) is 4.35. The highest BCUT2D eigenvalue weighted by Gasteiger charge is 2.17. The second kappa shape index (κ2) is 5.84. The van der Waals surface area contributed by atoms with E-state index in [-0.39, 0.29) is 11.7 Å². The molecule has 0 aliphatic heterocycles. The molecule has 0 aliphatic rings. The lowest BCUT2D eigenvalue weighted by atomic mass is 10.1. The normalized spacial score (nSPS) is 10.1. The van der Waals surface area contributed by atoms with E-state index in [4.69, 9.17) is 5.26 Å². The number of nitriles is 1. The van der Waals surface area contributed by atoms with Gasteiger partial charge < -0.3 is 4.90 Å². The molecule has 0 atom stereocenters. The summed E-state index contributed by atoms with van der Waals surface area (Å²) in [5.74, 6) is 0. The standard InChI is InChI=1S/C13H12BrN5O/c1-18(2)13(20)19-11(7-10(8-15)17-19)6-9-4-3-5-16-12(9)14/h3-5,7H,6H2,1-2H3. The van der Waals surface area contributed by atoms with Crippen molar-refractivity contribution in [2.45, 2.75) is 6.42 Å². The third-order valence-electron chi connectivity index (χ3n) is 2.67. The minimum absolute atomic E-state index is 0.218. The van der Waals surface area contributed by atoms with Crippen LogP contribution in [0.3, 0.4) is 0 Å². The number of hydrogen-bond donors (Lipinski definition) is 0. The van der Waals surface area contributed by atoms with Gasteiger partial charge in [-0.3, -0.25) is 0 Å². The van der Waals surface area contributed by atoms with Crippen molar-refractivity contribution in [2.24, 2.45) is 0 Å². The first-order valence-corrected chi connectivity index (χ1v) is 6.62. The van der Waals surface area contributed by atoms with Crippen molar-refractivity contribution in [3.8, 4) is 6.07 Å². The lowest BCUT2D eigenvalue weighted by Crippen LogP contribution is -2.29. The summed E-state index contributed by atoms with van der Waals surface area (Å²) in [4.78, 5) is 17.6. The van der Waals surface area contributed by atoms with Crippen molar-refractivity contribution >= 4 is 22.0 Å². The number of carbonyl (C=O) groups is 1. The Bertz CT molecular complexity index is 686. The Morgan fingerprint density at radius 2 is 2.30 bits per heavy atom. The summed E-state index contributed by atoms with van der Waals surface area (Å²) in [5.41, 5.74) is 1.79. The highest BCUT2D eigenvalue weighted by atomic mass is 79.9. The van der Waals surface area contributed by atoms with Crippen molar-refractivity contribution in [1.82, 2.24) is 19.7 Å². The van der Waals surface area contributed by atoms with E-state index in [0.717, 1.165) is 5.56 Å². The van der Waals surface area contributed by atoms with Gasteiger partial charge in [-0.25, -0.2) is 9.78 Å². The molecule has 0 unspecified atom stereocenters. The van der Waals surface area contributed by atoms with Crippen LogP contribution in [0.2, 0.25) is 0 Å². The van der Waals surface area contributed by atoms with E-state index in [2.05, 4.69) is 26.0 Å². The monoisotopic (exact) mass is 333 g/mol. The molecular formula is C13H12BrN5O. The summed E-state index contributed by atoms with van der Waals surface area (Å²) >= 11 is 3.37. The molecule has 0 radical (unpaired) electrons. The molecule has 0 saturated carbocycles. The van der Waals surface area contributed by atoms with E-state index in [0.29, 0.717) is 16.7 Å². The van der Waals surface area contributed by atoms with Gasteiger partial charge in [-0.1, -0.05) is 6.07 Å². The Morgan fingerprint density at radius 1 is 1.55 bits per heavy atom. The molecule has 0 saturated heterocycles. The number of amides is 1. The van der Waals surface area contributed by atoms with Crippen molar-refractivity contribution in [1.29, 1.82) is 5.26 Å². The van der Waals surface area contributed by atoms with Gasteiger partial charge in [0.25, 0.3) is 0 Å². The molecule has 2 heterocycles. The Balaban J connectivity index is 2.41. The SMILES string of the molecule is CN(C)C(=O)n1nc(C#N)cc1Cc1cccnc1Br. The molecule has 1 amide bonds. The molecular weight excluding hydrogens is 322 g/mol. The fraction of sp³-hybridized carbons (Fsp3) is 0.231. The van der Waals surface area contributed by atoms with E-state index < -0.39 is 0 Å². The van der Waals surface area contributed by atoms with Crippen LogP contribution in [0.5, 0.6) is 0 Å². The molecule has 2 rings (SSSR count). The largest absolute Gasteiger partial charge is 0.344 e. The first kappa shape index (κ1) is 14.2. The maximum Gasteiger partial charge on any atom is 0.344 e. The van der Waals surface area contributed by atoms with Crippen LogP contribution < -0.4 is 0 Å². The van der Waals surface area contributed by atoms with Gasteiger partial charge in [0.15, 0.2) is 5.69 Å².